The smallest absolute Gasteiger partial charge is 0.317 e. The number of carbonyl (C=O) groups excluding carboxylic acids is 1. The molecular weight excluding hydrogens is 328 g/mol. The van der Waals surface area contributed by atoms with Gasteiger partial charge in [0.1, 0.15) is 0 Å². The molecule has 0 aromatic carbocycles. The van der Waals surface area contributed by atoms with E-state index in [9.17, 15) is 4.79 Å². The van der Waals surface area contributed by atoms with E-state index in [4.69, 9.17) is 0 Å². The number of piperazine rings is 1. The fraction of sp³-hybridized carbons (Fsp3) is 0.526. The van der Waals surface area contributed by atoms with Crippen molar-refractivity contribution < 1.29 is 4.79 Å². The number of urea groups is 1. The van der Waals surface area contributed by atoms with E-state index in [-0.39, 0.29) is 6.03 Å². The molecule has 2 amide bonds. The normalized spacial score (nSPS) is 18.8. The summed E-state index contributed by atoms with van der Waals surface area (Å²) in [5.41, 5.74) is 1.99. The van der Waals surface area contributed by atoms with Crippen molar-refractivity contribution in [2.75, 3.05) is 31.1 Å². The van der Waals surface area contributed by atoms with E-state index in [1.807, 2.05) is 23.2 Å². The number of hydrogen-bond donors (Lipinski definition) is 2. The van der Waals surface area contributed by atoms with E-state index in [1.165, 1.54) is 19.3 Å². The van der Waals surface area contributed by atoms with Crippen LogP contribution in [0.1, 0.15) is 32.1 Å². The predicted molar refractivity (Wildman–Crippen MR) is 101 cm³/mol. The van der Waals surface area contributed by atoms with E-state index in [1.54, 1.807) is 6.20 Å². The van der Waals surface area contributed by atoms with Gasteiger partial charge in [0.25, 0.3) is 0 Å². The number of nitrogens with zero attached hydrogens (tertiary/aromatic N) is 4. The summed E-state index contributed by atoms with van der Waals surface area (Å²) in [6, 6.07) is 6.43. The molecule has 2 fully saturated rings. The van der Waals surface area contributed by atoms with Gasteiger partial charge in [-0.2, -0.15) is 5.10 Å². The number of hydrogen-bond acceptors (Lipinski definition) is 4. The summed E-state index contributed by atoms with van der Waals surface area (Å²) in [6.45, 7) is 3.06. The van der Waals surface area contributed by atoms with E-state index in [2.05, 4.69) is 31.5 Å². The first kappa shape index (κ1) is 16.9. The highest BCUT2D eigenvalue weighted by molar-refractivity contribution is 5.75. The maximum atomic E-state index is 12.5. The van der Waals surface area contributed by atoms with Crippen LogP contribution in [0, 0.1) is 0 Å². The molecule has 138 valence electrons. The first-order chi connectivity index (χ1) is 12.8. The van der Waals surface area contributed by atoms with Crippen LogP contribution in [-0.2, 0) is 0 Å². The topological polar surface area (TPSA) is 77.2 Å². The lowest BCUT2D eigenvalue weighted by Gasteiger charge is -2.36. The lowest BCUT2D eigenvalue weighted by Crippen LogP contribution is -2.53. The van der Waals surface area contributed by atoms with Crippen LogP contribution in [0.5, 0.6) is 0 Å². The molecule has 1 saturated carbocycles. The molecule has 4 rings (SSSR count). The molecule has 1 aliphatic carbocycles. The zero-order valence-electron chi connectivity index (χ0n) is 15.0. The van der Waals surface area contributed by atoms with Crippen LogP contribution in [-0.4, -0.2) is 58.3 Å². The molecule has 7 nitrogen and oxygen atoms in total. The third-order valence-corrected chi connectivity index (χ3v) is 5.36. The highest BCUT2D eigenvalue weighted by Gasteiger charge is 2.24. The Balaban J connectivity index is 1.31. The number of nitrogens with one attached hydrogen (secondary N) is 2. The molecular formula is C19H26N6O. The molecule has 1 aliphatic heterocycles. The van der Waals surface area contributed by atoms with Crippen LogP contribution >= 0.6 is 0 Å². The lowest BCUT2D eigenvalue weighted by atomic mass is 9.96. The summed E-state index contributed by atoms with van der Waals surface area (Å²) in [4.78, 5) is 20.8. The SMILES string of the molecule is O=C(NC1CCCCC1)N1CCN(c2cc(-c3cccnc3)[nH]n2)CC1. The summed E-state index contributed by atoms with van der Waals surface area (Å²) in [7, 11) is 0. The summed E-state index contributed by atoms with van der Waals surface area (Å²) in [6.07, 6.45) is 9.60. The number of pyridine rings is 1. The Morgan fingerprint density at radius 1 is 1.15 bits per heavy atom. The van der Waals surface area contributed by atoms with Crippen molar-refractivity contribution in [3.05, 3.63) is 30.6 Å². The van der Waals surface area contributed by atoms with Crippen LogP contribution in [0.25, 0.3) is 11.3 Å². The van der Waals surface area contributed by atoms with Gasteiger partial charge in [-0.05, 0) is 25.0 Å². The molecule has 26 heavy (non-hydrogen) atoms. The van der Waals surface area contributed by atoms with Crippen LogP contribution in [0.15, 0.2) is 30.6 Å². The number of aromatic amines is 1. The van der Waals surface area contributed by atoms with Gasteiger partial charge in [0, 0.05) is 56.2 Å². The van der Waals surface area contributed by atoms with Gasteiger partial charge in [0.2, 0.25) is 0 Å². The first-order valence-electron chi connectivity index (χ1n) is 9.56. The quantitative estimate of drug-likeness (QED) is 0.888. The minimum absolute atomic E-state index is 0.0922. The van der Waals surface area contributed by atoms with Gasteiger partial charge in [-0.15, -0.1) is 0 Å². The predicted octanol–water partition coefficient (Wildman–Crippen LogP) is 2.64. The van der Waals surface area contributed by atoms with Gasteiger partial charge >= 0.3 is 6.03 Å². The minimum Gasteiger partial charge on any atom is -0.352 e. The zero-order valence-corrected chi connectivity index (χ0v) is 15.0. The Morgan fingerprint density at radius 2 is 1.96 bits per heavy atom. The van der Waals surface area contributed by atoms with Crippen LogP contribution in [0.4, 0.5) is 10.6 Å². The maximum absolute atomic E-state index is 12.5. The Hall–Kier alpha value is -2.57. The standard InChI is InChI=1S/C19H26N6O/c26-19(21-16-6-2-1-3-7-16)25-11-9-24(10-12-25)18-13-17(22-23-18)15-5-4-8-20-14-15/h4-5,8,13-14,16H,1-3,6-7,9-12H2,(H,21,26)(H,22,23). The highest BCUT2D eigenvalue weighted by Crippen LogP contribution is 2.22. The van der Waals surface area contributed by atoms with Gasteiger partial charge in [-0.3, -0.25) is 10.1 Å². The number of H-pyrrole nitrogens is 1. The van der Waals surface area contributed by atoms with Crippen LogP contribution < -0.4 is 10.2 Å². The van der Waals surface area contributed by atoms with Crippen molar-refractivity contribution in [2.24, 2.45) is 0 Å². The number of carbonyl (C=O) groups is 1. The molecule has 2 N–H and O–H groups in total. The molecule has 2 aliphatic rings. The fourth-order valence-electron chi connectivity index (χ4n) is 3.79. The Kier molecular flexibility index (Phi) is 5.04. The summed E-state index contributed by atoms with van der Waals surface area (Å²) in [5, 5.41) is 10.7. The van der Waals surface area contributed by atoms with E-state index in [0.29, 0.717) is 6.04 Å². The Morgan fingerprint density at radius 3 is 2.69 bits per heavy atom. The first-order valence-corrected chi connectivity index (χ1v) is 9.56. The highest BCUT2D eigenvalue weighted by atomic mass is 16.2. The summed E-state index contributed by atoms with van der Waals surface area (Å²) >= 11 is 0. The minimum atomic E-state index is 0.0922. The van der Waals surface area contributed by atoms with Crippen molar-refractivity contribution in [2.45, 2.75) is 38.1 Å². The maximum Gasteiger partial charge on any atom is 0.317 e. The summed E-state index contributed by atoms with van der Waals surface area (Å²) < 4.78 is 0. The molecule has 1 saturated heterocycles. The monoisotopic (exact) mass is 354 g/mol. The van der Waals surface area contributed by atoms with E-state index < -0.39 is 0 Å². The third kappa shape index (κ3) is 3.81. The molecule has 0 unspecified atom stereocenters. The number of aromatic nitrogens is 3. The summed E-state index contributed by atoms with van der Waals surface area (Å²) in [5.74, 6) is 0.927. The molecule has 0 bridgehead atoms. The van der Waals surface area contributed by atoms with Crippen molar-refractivity contribution in [3.63, 3.8) is 0 Å². The second kappa shape index (κ2) is 7.76. The number of anilines is 1. The average molecular weight is 354 g/mol. The van der Waals surface area contributed by atoms with Crippen LogP contribution in [0.3, 0.4) is 0 Å². The third-order valence-electron chi connectivity index (χ3n) is 5.36. The molecule has 0 spiro atoms. The largest absolute Gasteiger partial charge is 0.352 e. The zero-order chi connectivity index (χ0) is 17.8. The molecule has 0 atom stereocenters. The average Bonchev–Trinajstić information content (AvgIpc) is 3.20. The van der Waals surface area contributed by atoms with Crippen LogP contribution in [0.2, 0.25) is 0 Å². The molecule has 7 heteroatoms. The molecule has 2 aromatic rings. The second-order valence-corrected chi connectivity index (χ2v) is 7.14. The van der Waals surface area contributed by atoms with Gasteiger partial charge in [0.05, 0.1) is 5.69 Å². The fourth-order valence-corrected chi connectivity index (χ4v) is 3.79. The van der Waals surface area contributed by atoms with Gasteiger partial charge in [-0.1, -0.05) is 19.3 Å². The Bertz CT molecular complexity index is 717. The van der Waals surface area contributed by atoms with Crippen molar-refractivity contribution in [1.29, 1.82) is 0 Å². The van der Waals surface area contributed by atoms with E-state index >= 15 is 0 Å². The second-order valence-electron chi connectivity index (χ2n) is 7.14. The molecule has 3 heterocycles. The van der Waals surface area contributed by atoms with Crippen molar-refractivity contribution >= 4 is 11.8 Å². The van der Waals surface area contributed by atoms with Crippen molar-refractivity contribution in [1.82, 2.24) is 25.4 Å². The van der Waals surface area contributed by atoms with E-state index in [0.717, 1.165) is 56.1 Å². The molecule has 2 aromatic heterocycles. The van der Waals surface area contributed by atoms with Crippen molar-refractivity contribution in [3.8, 4) is 11.3 Å². The Labute approximate surface area is 153 Å². The number of amides is 2. The lowest BCUT2D eigenvalue weighted by molar-refractivity contribution is 0.186. The molecule has 0 radical (unpaired) electrons. The van der Waals surface area contributed by atoms with Gasteiger partial charge in [0.15, 0.2) is 5.82 Å². The van der Waals surface area contributed by atoms with Gasteiger partial charge < -0.3 is 15.1 Å². The number of rotatable bonds is 3. The van der Waals surface area contributed by atoms with Gasteiger partial charge in [-0.25, -0.2) is 4.79 Å².